The van der Waals surface area contributed by atoms with Gasteiger partial charge in [-0.1, -0.05) is 6.92 Å². The zero-order valence-corrected chi connectivity index (χ0v) is 12.1. The Morgan fingerprint density at radius 3 is 2.76 bits per heavy atom. The molecule has 1 aliphatic heterocycles. The first-order valence-corrected chi connectivity index (χ1v) is 7.39. The molecule has 0 bridgehead atoms. The molecule has 118 valence electrons. The number of aromatic nitrogens is 1. The van der Waals surface area contributed by atoms with Gasteiger partial charge in [-0.15, -0.1) is 0 Å². The predicted octanol–water partition coefficient (Wildman–Crippen LogP) is 3.71. The van der Waals surface area contributed by atoms with Crippen molar-refractivity contribution in [3.05, 3.63) is 29.6 Å². The molecule has 0 saturated carbocycles. The van der Waals surface area contributed by atoms with Crippen LogP contribution in [0.15, 0.2) is 18.3 Å². The number of ether oxygens (including phenoxy) is 1. The Morgan fingerprint density at radius 1 is 1.43 bits per heavy atom. The summed E-state index contributed by atoms with van der Waals surface area (Å²) in [6.07, 6.45) is 0.731. The third kappa shape index (κ3) is 4.68. The number of nitrogens with zero attached hydrogens (tertiary/aromatic N) is 1. The minimum atomic E-state index is -4.34. The summed E-state index contributed by atoms with van der Waals surface area (Å²) in [5.41, 5.74) is -0.0523. The van der Waals surface area contributed by atoms with E-state index < -0.39 is 11.7 Å². The third-order valence-corrected chi connectivity index (χ3v) is 3.72. The van der Waals surface area contributed by atoms with E-state index in [1.54, 1.807) is 0 Å². The van der Waals surface area contributed by atoms with Crippen LogP contribution in [0.1, 0.15) is 49.9 Å². The molecule has 2 heterocycles. The Labute approximate surface area is 122 Å². The van der Waals surface area contributed by atoms with Gasteiger partial charge in [0.1, 0.15) is 0 Å². The highest BCUT2D eigenvalue weighted by molar-refractivity contribution is 5.19. The van der Waals surface area contributed by atoms with Crippen LogP contribution in [0.5, 0.6) is 0 Å². The summed E-state index contributed by atoms with van der Waals surface area (Å²) in [5.74, 6) is 0. The first-order valence-electron chi connectivity index (χ1n) is 7.39. The first kappa shape index (κ1) is 16.2. The topological polar surface area (TPSA) is 34.1 Å². The van der Waals surface area contributed by atoms with Crippen molar-refractivity contribution < 1.29 is 17.9 Å². The molecular weight excluding hydrogens is 281 g/mol. The van der Waals surface area contributed by atoms with Gasteiger partial charge in [-0.25, -0.2) is 0 Å². The van der Waals surface area contributed by atoms with Crippen LogP contribution in [0.2, 0.25) is 0 Å². The summed E-state index contributed by atoms with van der Waals surface area (Å²) in [6.45, 7) is 3.54. The second kappa shape index (κ2) is 7.22. The summed E-state index contributed by atoms with van der Waals surface area (Å²) in [4.78, 5) is 3.99. The van der Waals surface area contributed by atoms with E-state index in [1.165, 1.54) is 6.07 Å². The van der Waals surface area contributed by atoms with Gasteiger partial charge in [0.15, 0.2) is 0 Å². The van der Waals surface area contributed by atoms with Crippen molar-refractivity contribution in [1.29, 1.82) is 0 Å². The smallest absolute Gasteiger partial charge is 0.378 e. The number of pyridine rings is 1. The Kier molecular flexibility index (Phi) is 5.58. The van der Waals surface area contributed by atoms with Crippen molar-refractivity contribution in [2.24, 2.45) is 0 Å². The summed E-state index contributed by atoms with van der Waals surface area (Å²) in [7, 11) is 0. The average Bonchev–Trinajstić information content (AvgIpc) is 2.96. The largest absolute Gasteiger partial charge is 0.417 e. The van der Waals surface area contributed by atoms with Crippen molar-refractivity contribution in [1.82, 2.24) is 10.3 Å². The molecule has 1 aliphatic rings. The Balaban J connectivity index is 1.99. The molecule has 1 aromatic rings. The highest BCUT2D eigenvalue weighted by Gasteiger charge is 2.31. The van der Waals surface area contributed by atoms with Gasteiger partial charge in [0.25, 0.3) is 0 Å². The first-order chi connectivity index (χ1) is 10.0. The molecule has 1 fully saturated rings. The quantitative estimate of drug-likeness (QED) is 0.870. The molecule has 1 N–H and O–H groups in total. The number of halogens is 3. The predicted molar refractivity (Wildman–Crippen MR) is 73.9 cm³/mol. The maximum atomic E-state index is 12.5. The van der Waals surface area contributed by atoms with Crippen molar-refractivity contribution in [3.63, 3.8) is 0 Å². The fourth-order valence-electron chi connectivity index (χ4n) is 2.60. The van der Waals surface area contributed by atoms with E-state index in [1.807, 2.05) is 6.92 Å². The molecule has 1 aromatic heterocycles. The number of alkyl halides is 3. The van der Waals surface area contributed by atoms with Crippen molar-refractivity contribution in [2.75, 3.05) is 13.2 Å². The van der Waals surface area contributed by atoms with E-state index in [0.29, 0.717) is 5.69 Å². The minimum Gasteiger partial charge on any atom is -0.378 e. The zero-order chi connectivity index (χ0) is 15.3. The molecule has 0 spiro atoms. The van der Waals surface area contributed by atoms with Crippen molar-refractivity contribution >= 4 is 0 Å². The van der Waals surface area contributed by atoms with Gasteiger partial charge in [-0.3, -0.25) is 4.98 Å². The van der Waals surface area contributed by atoms with Gasteiger partial charge in [0.05, 0.1) is 17.4 Å². The molecule has 2 unspecified atom stereocenters. The highest BCUT2D eigenvalue weighted by atomic mass is 19.4. The van der Waals surface area contributed by atoms with Crippen LogP contribution in [0.25, 0.3) is 0 Å². The van der Waals surface area contributed by atoms with Crippen molar-refractivity contribution in [2.45, 2.75) is 50.9 Å². The van der Waals surface area contributed by atoms with Crippen molar-refractivity contribution in [3.8, 4) is 0 Å². The van der Waals surface area contributed by atoms with E-state index in [9.17, 15) is 13.2 Å². The highest BCUT2D eigenvalue weighted by Crippen LogP contribution is 2.30. The molecule has 3 nitrogen and oxygen atoms in total. The molecule has 0 radical (unpaired) electrons. The number of rotatable bonds is 6. The van der Waals surface area contributed by atoms with E-state index in [4.69, 9.17) is 4.74 Å². The summed E-state index contributed by atoms with van der Waals surface area (Å²) >= 11 is 0. The van der Waals surface area contributed by atoms with Crippen LogP contribution in [0, 0.1) is 0 Å². The van der Waals surface area contributed by atoms with E-state index in [0.717, 1.165) is 51.1 Å². The molecule has 21 heavy (non-hydrogen) atoms. The van der Waals surface area contributed by atoms with Gasteiger partial charge < -0.3 is 10.1 Å². The van der Waals surface area contributed by atoms with E-state index in [-0.39, 0.29) is 12.1 Å². The second-order valence-corrected chi connectivity index (χ2v) is 5.29. The molecular formula is C15H21F3N2O. The van der Waals surface area contributed by atoms with Crippen LogP contribution in [-0.4, -0.2) is 24.2 Å². The minimum absolute atomic E-state index is 0.0264. The lowest BCUT2D eigenvalue weighted by Crippen LogP contribution is -2.23. The average molecular weight is 302 g/mol. The fourth-order valence-corrected chi connectivity index (χ4v) is 2.60. The standard InChI is InChI=1S/C15H21F3N2O/c1-2-19-13(8-6-12-4-3-9-21-12)14-7-5-11(10-20-14)15(16,17)18/h5,7,10,12-13,19H,2-4,6,8-9H2,1H3. The number of hydrogen-bond donors (Lipinski definition) is 1. The Bertz CT molecular complexity index is 428. The van der Waals surface area contributed by atoms with E-state index in [2.05, 4.69) is 10.3 Å². The fraction of sp³-hybridized carbons (Fsp3) is 0.667. The van der Waals surface area contributed by atoms with Crippen LogP contribution >= 0.6 is 0 Å². The molecule has 6 heteroatoms. The second-order valence-electron chi connectivity index (χ2n) is 5.29. The Morgan fingerprint density at radius 2 is 2.24 bits per heavy atom. The molecule has 0 aromatic carbocycles. The van der Waals surface area contributed by atoms with Crippen LogP contribution in [0.4, 0.5) is 13.2 Å². The molecule has 2 atom stereocenters. The molecule has 0 amide bonds. The normalized spacial score (nSPS) is 20.7. The SMILES string of the molecule is CCNC(CCC1CCCO1)c1ccc(C(F)(F)F)cn1. The number of hydrogen-bond acceptors (Lipinski definition) is 3. The molecule has 0 aliphatic carbocycles. The summed E-state index contributed by atoms with van der Waals surface area (Å²) in [6, 6.07) is 2.53. The summed E-state index contributed by atoms with van der Waals surface area (Å²) < 4.78 is 43.2. The lowest BCUT2D eigenvalue weighted by Gasteiger charge is -2.19. The third-order valence-electron chi connectivity index (χ3n) is 3.72. The van der Waals surface area contributed by atoms with Crippen LogP contribution in [-0.2, 0) is 10.9 Å². The van der Waals surface area contributed by atoms with Crippen LogP contribution < -0.4 is 5.32 Å². The number of nitrogens with one attached hydrogen (secondary N) is 1. The van der Waals surface area contributed by atoms with Gasteiger partial charge in [0, 0.05) is 18.8 Å². The van der Waals surface area contributed by atoms with Gasteiger partial charge in [0.2, 0.25) is 0 Å². The maximum Gasteiger partial charge on any atom is 0.417 e. The molecule has 1 saturated heterocycles. The van der Waals surface area contributed by atoms with Gasteiger partial charge in [-0.05, 0) is 44.4 Å². The van der Waals surface area contributed by atoms with Gasteiger partial charge >= 0.3 is 6.18 Å². The van der Waals surface area contributed by atoms with Gasteiger partial charge in [-0.2, -0.15) is 13.2 Å². The lowest BCUT2D eigenvalue weighted by atomic mass is 10.0. The lowest BCUT2D eigenvalue weighted by molar-refractivity contribution is -0.137. The Hall–Kier alpha value is -1.14. The zero-order valence-electron chi connectivity index (χ0n) is 12.1. The summed E-state index contributed by atoms with van der Waals surface area (Å²) in [5, 5.41) is 3.28. The maximum absolute atomic E-state index is 12.5. The molecule has 2 rings (SSSR count). The monoisotopic (exact) mass is 302 g/mol. The van der Waals surface area contributed by atoms with Crippen LogP contribution in [0.3, 0.4) is 0 Å². The van der Waals surface area contributed by atoms with E-state index >= 15 is 0 Å².